The van der Waals surface area contributed by atoms with Crippen LogP contribution < -0.4 is 19.1 Å². The van der Waals surface area contributed by atoms with Gasteiger partial charge in [0.15, 0.2) is 11.5 Å². The highest BCUT2D eigenvalue weighted by molar-refractivity contribution is 7.92. The highest BCUT2D eigenvalue weighted by Crippen LogP contribution is 2.31. The smallest absolute Gasteiger partial charge is 0.416 e. The molecule has 0 spiro atoms. The van der Waals surface area contributed by atoms with E-state index >= 15 is 0 Å². The van der Waals surface area contributed by atoms with Gasteiger partial charge in [-0.3, -0.25) is 9.10 Å². The van der Waals surface area contributed by atoms with E-state index in [4.69, 9.17) is 9.47 Å². The maximum Gasteiger partial charge on any atom is 0.416 e. The van der Waals surface area contributed by atoms with Gasteiger partial charge in [-0.1, -0.05) is 12.1 Å². The number of sulfonamides is 1. The Morgan fingerprint density at radius 2 is 1.77 bits per heavy atom. The molecule has 0 bridgehead atoms. The van der Waals surface area contributed by atoms with Gasteiger partial charge in [0.25, 0.3) is 0 Å². The van der Waals surface area contributed by atoms with Gasteiger partial charge in [0.1, 0.15) is 19.3 Å². The second-order valence-corrected chi connectivity index (χ2v) is 8.52. The SMILES string of the molecule is CS(=O)(=O)N(CC(=O)NC[C@@H]1COc2ccccc2O1)c1ccc(C(F)(F)F)cc1. The maximum atomic E-state index is 12.7. The lowest BCUT2D eigenvalue weighted by molar-refractivity contribution is -0.137. The zero-order chi connectivity index (χ0) is 21.9. The van der Waals surface area contributed by atoms with Crippen LogP contribution in [0.2, 0.25) is 0 Å². The molecule has 0 aliphatic carbocycles. The van der Waals surface area contributed by atoms with Crippen molar-refractivity contribution >= 4 is 21.6 Å². The third kappa shape index (κ3) is 5.35. The normalized spacial score (nSPS) is 16.1. The van der Waals surface area contributed by atoms with Crippen LogP contribution in [0.15, 0.2) is 48.5 Å². The Balaban J connectivity index is 1.62. The number of rotatable bonds is 6. The van der Waals surface area contributed by atoms with Crippen molar-refractivity contribution in [2.75, 3.05) is 30.3 Å². The van der Waals surface area contributed by atoms with Gasteiger partial charge in [-0.2, -0.15) is 13.2 Å². The van der Waals surface area contributed by atoms with E-state index < -0.39 is 40.3 Å². The Kier molecular flexibility index (Phi) is 6.11. The fourth-order valence-electron chi connectivity index (χ4n) is 2.79. The topological polar surface area (TPSA) is 84.9 Å². The van der Waals surface area contributed by atoms with Crippen molar-refractivity contribution in [1.82, 2.24) is 5.32 Å². The summed E-state index contributed by atoms with van der Waals surface area (Å²) in [6, 6.07) is 10.6. The summed E-state index contributed by atoms with van der Waals surface area (Å²) in [5, 5.41) is 2.56. The van der Waals surface area contributed by atoms with E-state index in [1.54, 1.807) is 24.3 Å². The molecule has 2 aromatic rings. The number of amides is 1. The number of anilines is 1. The van der Waals surface area contributed by atoms with E-state index in [0.29, 0.717) is 11.5 Å². The van der Waals surface area contributed by atoms with Gasteiger partial charge in [0.05, 0.1) is 24.1 Å². The van der Waals surface area contributed by atoms with Crippen molar-refractivity contribution in [3.63, 3.8) is 0 Å². The predicted molar refractivity (Wildman–Crippen MR) is 103 cm³/mol. The van der Waals surface area contributed by atoms with Crippen molar-refractivity contribution in [1.29, 1.82) is 0 Å². The first-order valence-electron chi connectivity index (χ1n) is 8.84. The van der Waals surface area contributed by atoms with Gasteiger partial charge in [-0.15, -0.1) is 0 Å². The quantitative estimate of drug-likeness (QED) is 0.740. The molecule has 1 N–H and O–H groups in total. The summed E-state index contributed by atoms with van der Waals surface area (Å²) < 4.78 is 74.3. The van der Waals surface area contributed by atoms with Gasteiger partial charge >= 0.3 is 6.18 Å². The lowest BCUT2D eigenvalue weighted by Crippen LogP contribution is -2.45. The number of nitrogens with zero attached hydrogens (tertiary/aromatic N) is 1. The first-order valence-corrected chi connectivity index (χ1v) is 10.7. The highest BCUT2D eigenvalue weighted by atomic mass is 32.2. The van der Waals surface area contributed by atoms with Crippen LogP contribution in [0.1, 0.15) is 5.56 Å². The Labute approximate surface area is 171 Å². The molecular formula is C19H19F3N2O5S. The lowest BCUT2D eigenvalue weighted by Gasteiger charge is -2.27. The molecule has 0 aromatic heterocycles. The second kappa shape index (κ2) is 8.42. The summed E-state index contributed by atoms with van der Waals surface area (Å²) in [5.74, 6) is 0.485. The monoisotopic (exact) mass is 444 g/mol. The number of hydrogen-bond donors (Lipinski definition) is 1. The predicted octanol–water partition coefficient (Wildman–Crippen LogP) is 2.43. The van der Waals surface area contributed by atoms with E-state index in [1.807, 2.05) is 0 Å². The molecular weight excluding hydrogens is 425 g/mol. The average Bonchev–Trinajstić information content (AvgIpc) is 2.69. The molecule has 2 aromatic carbocycles. The van der Waals surface area contributed by atoms with E-state index in [2.05, 4.69) is 5.32 Å². The average molecular weight is 444 g/mol. The van der Waals surface area contributed by atoms with Crippen LogP contribution in [0.5, 0.6) is 11.5 Å². The number of benzene rings is 2. The largest absolute Gasteiger partial charge is 0.486 e. The van der Waals surface area contributed by atoms with Crippen LogP contribution >= 0.6 is 0 Å². The Morgan fingerprint density at radius 3 is 2.37 bits per heavy atom. The number of halogens is 3. The van der Waals surface area contributed by atoms with Crippen molar-refractivity contribution in [3.05, 3.63) is 54.1 Å². The van der Waals surface area contributed by atoms with E-state index in [1.165, 1.54) is 0 Å². The van der Waals surface area contributed by atoms with Crippen LogP contribution in [0.3, 0.4) is 0 Å². The van der Waals surface area contributed by atoms with E-state index in [0.717, 1.165) is 34.8 Å². The van der Waals surface area contributed by atoms with Gasteiger partial charge in [-0.05, 0) is 36.4 Å². The molecule has 0 saturated carbocycles. The molecule has 162 valence electrons. The molecule has 7 nitrogen and oxygen atoms in total. The van der Waals surface area contributed by atoms with Gasteiger partial charge < -0.3 is 14.8 Å². The molecule has 30 heavy (non-hydrogen) atoms. The minimum Gasteiger partial charge on any atom is -0.486 e. The molecule has 1 aliphatic heterocycles. The molecule has 3 rings (SSSR count). The Hall–Kier alpha value is -2.95. The fourth-order valence-corrected chi connectivity index (χ4v) is 3.65. The molecule has 1 amide bonds. The van der Waals surface area contributed by atoms with E-state index in [-0.39, 0.29) is 18.8 Å². The number of para-hydroxylation sites is 2. The summed E-state index contributed by atoms with van der Waals surface area (Å²) in [5.41, 5.74) is -0.967. The number of carbonyl (C=O) groups is 1. The molecule has 0 unspecified atom stereocenters. The highest BCUT2D eigenvalue weighted by Gasteiger charge is 2.31. The third-order valence-corrected chi connectivity index (χ3v) is 5.41. The summed E-state index contributed by atoms with van der Waals surface area (Å²) >= 11 is 0. The van der Waals surface area contributed by atoms with Crippen molar-refractivity contribution in [2.45, 2.75) is 12.3 Å². The van der Waals surface area contributed by atoms with Crippen LogP contribution in [0, 0.1) is 0 Å². The zero-order valence-corrected chi connectivity index (χ0v) is 16.7. The molecule has 1 aliphatic rings. The van der Waals surface area contributed by atoms with Gasteiger partial charge in [0.2, 0.25) is 15.9 Å². The van der Waals surface area contributed by atoms with Crippen molar-refractivity contribution in [2.24, 2.45) is 0 Å². The molecule has 0 fully saturated rings. The maximum absolute atomic E-state index is 12.7. The van der Waals surface area contributed by atoms with Crippen LogP contribution in [-0.4, -0.2) is 46.4 Å². The van der Waals surface area contributed by atoms with Crippen LogP contribution in [0.25, 0.3) is 0 Å². The standard InChI is InChI=1S/C19H19F3N2O5S/c1-30(26,27)24(14-8-6-13(7-9-14)19(20,21)22)11-18(25)23-10-15-12-28-16-4-2-3-5-17(16)29-15/h2-9,15H,10-12H2,1H3,(H,23,25)/t15-/m1/s1. The van der Waals surface area contributed by atoms with Gasteiger partial charge in [-0.25, -0.2) is 8.42 Å². The van der Waals surface area contributed by atoms with E-state index in [9.17, 15) is 26.4 Å². The number of carbonyl (C=O) groups excluding carboxylic acids is 1. The molecule has 0 saturated heterocycles. The lowest BCUT2D eigenvalue weighted by atomic mass is 10.2. The molecule has 0 radical (unpaired) electrons. The Bertz CT molecular complexity index is 1010. The summed E-state index contributed by atoms with van der Waals surface area (Å²) in [6.45, 7) is -0.321. The van der Waals surface area contributed by atoms with Crippen molar-refractivity contribution in [3.8, 4) is 11.5 Å². The molecule has 11 heteroatoms. The van der Waals surface area contributed by atoms with Crippen LogP contribution in [-0.2, 0) is 21.0 Å². The van der Waals surface area contributed by atoms with Gasteiger partial charge in [0, 0.05) is 0 Å². The number of alkyl halides is 3. The fraction of sp³-hybridized carbons (Fsp3) is 0.316. The summed E-state index contributed by atoms with van der Waals surface area (Å²) in [6.07, 6.45) is -4.15. The first kappa shape index (κ1) is 21.8. The minimum absolute atomic E-state index is 0.0492. The Morgan fingerprint density at radius 1 is 1.13 bits per heavy atom. The molecule has 1 atom stereocenters. The van der Waals surface area contributed by atoms with Crippen molar-refractivity contribution < 1.29 is 35.9 Å². The number of fused-ring (bicyclic) bond motifs is 1. The number of ether oxygens (including phenoxy) is 2. The molecule has 1 heterocycles. The second-order valence-electron chi connectivity index (χ2n) is 6.62. The first-order chi connectivity index (χ1) is 14.0. The summed E-state index contributed by atoms with van der Waals surface area (Å²) in [7, 11) is -3.91. The third-order valence-electron chi connectivity index (χ3n) is 4.26. The zero-order valence-electron chi connectivity index (χ0n) is 15.8. The van der Waals surface area contributed by atoms with Crippen LogP contribution in [0.4, 0.5) is 18.9 Å². The number of hydrogen-bond acceptors (Lipinski definition) is 5. The number of nitrogens with one attached hydrogen (secondary N) is 1. The minimum atomic E-state index is -4.55. The summed E-state index contributed by atoms with van der Waals surface area (Å²) in [4.78, 5) is 12.3.